The molecule has 1 saturated heterocycles. The normalized spacial score (nSPS) is 16.2. The third-order valence-corrected chi connectivity index (χ3v) is 5.49. The second-order valence-electron chi connectivity index (χ2n) is 6.16. The lowest BCUT2D eigenvalue weighted by molar-refractivity contribution is -0.127. The fraction of sp³-hybridized carbons (Fsp3) is 0.412. The maximum atomic E-state index is 12.4. The van der Waals surface area contributed by atoms with Gasteiger partial charge in [-0.1, -0.05) is 29.8 Å². The number of hydrogen-bond acceptors (Lipinski definition) is 5. The van der Waals surface area contributed by atoms with Gasteiger partial charge in [-0.25, -0.2) is 5.01 Å². The van der Waals surface area contributed by atoms with Gasteiger partial charge in [0.25, 0.3) is 5.91 Å². The van der Waals surface area contributed by atoms with E-state index in [1.54, 1.807) is 0 Å². The van der Waals surface area contributed by atoms with Crippen LogP contribution in [0.15, 0.2) is 29.6 Å². The van der Waals surface area contributed by atoms with Gasteiger partial charge in [0, 0.05) is 31.6 Å². The Hall–Kier alpha value is -1.54. The number of aromatic nitrogens is 1. The molecule has 0 radical (unpaired) electrons. The molecule has 5 nitrogen and oxygen atoms in total. The van der Waals surface area contributed by atoms with Crippen LogP contribution >= 0.6 is 23.6 Å². The molecule has 2 aromatic rings. The number of carbonyl (C=O) groups is 1. The molecule has 0 spiro atoms. The maximum absolute atomic E-state index is 12.4. The number of carbonyl (C=O) groups excluding carboxylic acids is 1. The summed E-state index contributed by atoms with van der Waals surface area (Å²) in [5, 5.41) is 4.01. The number of benzene rings is 1. The van der Waals surface area contributed by atoms with Gasteiger partial charge in [-0.15, -0.1) is 11.3 Å². The van der Waals surface area contributed by atoms with E-state index in [1.165, 1.54) is 16.9 Å². The minimum Gasteiger partial charge on any atom is -0.313 e. The van der Waals surface area contributed by atoms with Crippen molar-refractivity contribution in [1.29, 1.82) is 0 Å². The van der Waals surface area contributed by atoms with E-state index in [9.17, 15) is 4.79 Å². The van der Waals surface area contributed by atoms with Crippen molar-refractivity contribution < 1.29 is 4.79 Å². The third kappa shape index (κ3) is 4.10. The number of thiazole rings is 1. The van der Waals surface area contributed by atoms with E-state index in [0.717, 1.165) is 41.4 Å². The Morgan fingerprint density at radius 1 is 1.21 bits per heavy atom. The summed E-state index contributed by atoms with van der Waals surface area (Å²) in [7, 11) is 2.09. The van der Waals surface area contributed by atoms with Gasteiger partial charge in [0.05, 0.1) is 5.69 Å². The molecule has 0 atom stereocenters. The van der Waals surface area contributed by atoms with Crippen molar-refractivity contribution in [2.75, 3.05) is 33.2 Å². The number of likely N-dealkylation sites (N-methyl/N-ethyl adjacent to an activating group) is 1. The molecule has 1 N–H and O–H groups in total. The molecular weight excluding hydrogens is 340 g/mol. The maximum Gasteiger partial charge on any atom is 0.254 e. The number of aryl methyl sites for hydroxylation is 1. The molecule has 1 aromatic heterocycles. The molecule has 1 aromatic carbocycles. The molecule has 128 valence electrons. The first-order valence-electron chi connectivity index (χ1n) is 8.01. The van der Waals surface area contributed by atoms with E-state index >= 15 is 0 Å². The van der Waals surface area contributed by atoms with Crippen molar-refractivity contribution in [1.82, 2.24) is 19.9 Å². The first-order valence-corrected chi connectivity index (χ1v) is 9.30. The zero-order chi connectivity index (χ0) is 17.1. The number of nitrogens with one attached hydrogen (secondary N) is 1. The summed E-state index contributed by atoms with van der Waals surface area (Å²) in [6.45, 7) is 5.94. The Bertz CT molecular complexity index is 758. The minimum absolute atomic E-state index is 0.0255. The largest absolute Gasteiger partial charge is 0.313 e. The summed E-state index contributed by atoms with van der Waals surface area (Å²) < 4.78 is 2.63. The Kier molecular flexibility index (Phi) is 5.45. The smallest absolute Gasteiger partial charge is 0.254 e. The highest BCUT2D eigenvalue weighted by molar-refractivity contribution is 7.73. The zero-order valence-electron chi connectivity index (χ0n) is 14.0. The number of hydrogen-bond donors (Lipinski definition) is 1. The van der Waals surface area contributed by atoms with E-state index in [2.05, 4.69) is 48.6 Å². The van der Waals surface area contributed by atoms with E-state index in [1.807, 2.05) is 15.0 Å². The third-order valence-electron chi connectivity index (χ3n) is 4.22. The first-order chi connectivity index (χ1) is 11.5. The lowest BCUT2D eigenvalue weighted by Gasteiger charge is -2.32. The summed E-state index contributed by atoms with van der Waals surface area (Å²) in [4.78, 5) is 14.7. The van der Waals surface area contributed by atoms with Gasteiger partial charge in [0.1, 0.15) is 6.54 Å². The molecular formula is C17H22N4OS2. The molecule has 0 aliphatic carbocycles. The quantitative estimate of drug-likeness (QED) is 0.849. The van der Waals surface area contributed by atoms with Crippen LogP contribution < -0.4 is 5.43 Å². The van der Waals surface area contributed by atoms with Crippen LogP contribution in [0.2, 0.25) is 0 Å². The van der Waals surface area contributed by atoms with Gasteiger partial charge in [-0.05, 0) is 31.8 Å². The van der Waals surface area contributed by atoms with Gasteiger partial charge < -0.3 is 9.47 Å². The predicted octanol–water partition coefficient (Wildman–Crippen LogP) is 2.53. The molecule has 0 bridgehead atoms. The number of rotatable bonds is 4. The van der Waals surface area contributed by atoms with Crippen molar-refractivity contribution in [2.24, 2.45) is 0 Å². The molecule has 0 unspecified atom stereocenters. The molecule has 1 aliphatic heterocycles. The average Bonchev–Trinajstić information content (AvgIpc) is 2.91. The van der Waals surface area contributed by atoms with Crippen LogP contribution in [0.25, 0.3) is 11.3 Å². The summed E-state index contributed by atoms with van der Waals surface area (Å²) in [5.41, 5.74) is 6.29. The number of amides is 1. The minimum atomic E-state index is -0.0255. The van der Waals surface area contributed by atoms with Crippen LogP contribution in [0.5, 0.6) is 0 Å². The Morgan fingerprint density at radius 2 is 1.88 bits per heavy atom. The number of piperazine rings is 1. The van der Waals surface area contributed by atoms with Crippen LogP contribution in [-0.4, -0.2) is 53.6 Å². The molecule has 3 rings (SSSR count). The highest BCUT2D eigenvalue weighted by Gasteiger charge is 2.17. The standard InChI is InChI=1S/C17H22N4OS2/c1-13-3-5-14(6-4-13)15-12-24-17(23)21(15)11-16(22)18-20-9-7-19(2)8-10-20/h3-6,12H,7-11H2,1-2H3,(H,18,22). The van der Waals surface area contributed by atoms with Crippen molar-refractivity contribution in [3.05, 3.63) is 39.2 Å². The Balaban J connectivity index is 1.71. The van der Waals surface area contributed by atoms with Crippen molar-refractivity contribution in [3.8, 4) is 11.3 Å². The lowest BCUT2D eigenvalue weighted by atomic mass is 10.1. The van der Waals surface area contributed by atoms with Gasteiger partial charge >= 0.3 is 0 Å². The molecule has 1 aliphatic rings. The SMILES string of the molecule is Cc1ccc(-c2csc(=S)n2CC(=O)NN2CCN(C)CC2)cc1. The number of hydrazine groups is 1. The van der Waals surface area contributed by atoms with Crippen LogP contribution in [0.1, 0.15) is 5.56 Å². The van der Waals surface area contributed by atoms with Gasteiger partial charge in [0.2, 0.25) is 0 Å². The van der Waals surface area contributed by atoms with Crippen LogP contribution in [0.4, 0.5) is 0 Å². The first kappa shape index (κ1) is 17.3. The Labute approximate surface area is 151 Å². The summed E-state index contributed by atoms with van der Waals surface area (Å²) in [5.74, 6) is -0.0255. The van der Waals surface area contributed by atoms with Gasteiger partial charge in [0.15, 0.2) is 3.95 Å². The molecule has 0 saturated carbocycles. The monoisotopic (exact) mass is 362 g/mol. The molecule has 1 amide bonds. The van der Waals surface area contributed by atoms with Gasteiger partial charge in [-0.2, -0.15) is 0 Å². The summed E-state index contributed by atoms with van der Waals surface area (Å²) in [6.07, 6.45) is 0. The zero-order valence-corrected chi connectivity index (χ0v) is 15.6. The molecule has 2 heterocycles. The fourth-order valence-corrected chi connectivity index (χ4v) is 3.78. The van der Waals surface area contributed by atoms with E-state index in [-0.39, 0.29) is 12.5 Å². The molecule has 24 heavy (non-hydrogen) atoms. The Morgan fingerprint density at radius 3 is 2.54 bits per heavy atom. The van der Waals surface area contributed by atoms with E-state index in [4.69, 9.17) is 12.2 Å². The highest BCUT2D eigenvalue weighted by atomic mass is 32.1. The van der Waals surface area contributed by atoms with Crippen molar-refractivity contribution in [2.45, 2.75) is 13.5 Å². The highest BCUT2D eigenvalue weighted by Crippen LogP contribution is 2.24. The van der Waals surface area contributed by atoms with E-state index in [0.29, 0.717) is 0 Å². The van der Waals surface area contributed by atoms with Gasteiger partial charge in [-0.3, -0.25) is 10.2 Å². The molecule has 1 fully saturated rings. The van der Waals surface area contributed by atoms with Crippen molar-refractivity contribution >= 4 is 29.5 Å². The van der Waals surface area contributed by atoms with Crippen LogP contribution in [0, 0.1) is 10.9 Å². The van der Waals surface area contributed by atoms with Crippen molar-refractivity contribution in [3.63, 3.8) is 0 Å². The predicted molar refractivity (Wildman–Crippen MR) is 101 cm³/mol. The van der Waals surface area contributed by atoms with Crippen LogP contribution in [0.3, 0.4) is 0 Å². The lowest BCUT2D eigenvalue weighted by Crippen LogP contribution is -2.53. The second kappa shape index (κ2) is 7.57. The average molecular weight is 363 g/mol. The number of nitrogens with zero attached hydrogens (tertiary/aromatic N) is 3. The topological polar surface area (TPSA) is 40.5 Å². The molecule has 7 heteroatoms. The summed E-state index contributed by atoms with van der Waals surface area (Å²) >= 11 is 6.91. The second-order valence-corrected chi connectivity index (χ2v) is 7.67. The fourth-order valence-electron chi connectivity index (χ4n) is 2.70. The van der Waals surface area contributed by atoms with E-state index < -0.39 is 0 Å². The van der Waals surface area contributed by atoms with Crippen LogP contribution in [-0.2, 0) is 11.3 Å². The summed E-state index contributed by atoms with van der Waals surface area (Å²) in [6, 6.07) is 8.29.